The molecule has 1 aliphatic rings. The summed E-state index contributed by atoms with van der Waals surface area (Å²) >= 11 is 0. The normalized spacial score (nSPS) is 17.4. The number of hydrogen-bond acceptors (Lipinski definition) is 2. The lowest BCUT2D eigenvalue weighted by Gasteiger charge is -2.21. The molecule has 0 spiro atoms. The SMILES string of the molecule is Cc1ccccc1C(C#N)C(=O)CCC1CCCCC1. The van der Waals surface area contributed by atoms with Crippen LogP contribution in [0.25, 0.3) is 0 Å². The van der Waals surface area contributed by atoms with E-state index in [0.29, 0.717) is 12.3 Å². The van der Waals surface area contributed by atoms with E-state index in [1.54, 1.807) is 0 Å². The van der Waals surface area contributed by atoms with Gasteiger partial charge in [-0.25, -0.2) is 0 Å². The fourth-order valence-corrected chi connectivity index (χ4v) is 3.19. The van der Waals surface area contributed by atoms with Crippen LogP contribution in [0, 0.1) is 24.2 Å². The van der Waals surface area contributed by atoms with Gasteiger partial charge in [0.05, 0.1) is 6.07 Å². The number of Topliss-reactive ketones (excluding diaryl/α,β-unsaturated/α-hetero) is 1. The molecule has 0 amide bonds. The van der Waals surface area contributed by atoms with Crippen molar-refractivity contribution in [3.63, 3.8) is 0 Å². The predicted molar refractivity (Wildman–Crippen MR) is 80.3 cm³/mol. The van der Waals surface area contributed by atoms with Gasteiger partial charge in [-0.05, 0) is 30.4 Å². The third-order valence-electron chi connectivity index (χ3n) is 4.47. The van der Waals surface area contributed by atoms with Gasteiger partial charge in [0.15, 0.2) is 5.78 Å². The van der Waals surface area contributed by atoms with Gasteiger partial charge in [-0.1, -0.05) is 56.4 Å². The number of ketones is 1. The number of aryl methyl sites for hydroxylation is 1. The highest BCUT2D eigenvalue weighted by molar-refractivity contribution is 5.88. The molecule has 106 valence electrons. The van der Waals surface area contributed by atoms with E-state index in [-0.39, 0.29) is 5.78 Å². The Balaban J connectivity index is 1.96. The van der Waals surface area contributed by atoms with Crippen molar-refractivity contribution >= 4 is 5.78 Å². The van der Waals surface area contributed by atoms with Crippen LogP contribution in [0.4, 0.5) is 0 Å². The Hall–Kier alpha value is -1.62. The first-order valence-electron chi connectivity index (χ1n) is 7.70. The highest BCUT2D eigenvalue weighted by Crippen LogP contribution is 2.29. The predicted octanol–water partition coefficient (Wildman–Crippen LogP) is 4.53. The minimum atomic E-state index is -0.584. The maximum Gasteiger partial charge on any atom is 0.154 e. The maximum atomic E-state index is 12.3. The molecule has 0 bridgehead atoms. The third kappa shape index (κ3) is 3.70. The van der Waals surface area contributed by atoms with Crippen LogP contribution >= 0.6 is 0 Å². The monoisotopic (exact) mass is 269 g/mol. The molecule has 1 saturated carbocycles. The molecule has 1 aromatic carbocycles. The van der Waals surface area contributed by atoms with Crippen LogP contribution in [0.1, 0.15) is 62.0 Å². The zero-order chi connectivity index (χ0) is 14.4. The van der Waals surface area contributed by atoms with Gasteiger partial charge in [0, 0.05) is 6.42 Å². The van der Waals surface area contributed by atoms with Crippen LogP contribution in [-0.4, -0.2) is 5.78 Å². The van der Waals surface area contributed by atoms with Crippen molar-refractivity contribution in [3.8, 4) is 6.07 Å². The number of carbonyl (C=O) groups is 1. The van der Waals surface area contributed by atoms with Crippen molar-refractivity contribution in [1.29, 1.82) is 5.26 Å². The molecular formula is C18H23NO. The number of nitriles is 1. The molecule has 0 aliphatic heterocycles. The van der Waals surface area contributed by atoms with Crippen LogP contribution in [0.5, 0.6) is 0 Å². The van der Waals surface area contributed by atoms with Gasteiger partial charge in [-0.3, -0.25) is 4.79 Å². The lowest BCUT2D eigenvalue weighted by atomic mass is 9.83. The van der Waals surface area contributed by atoms with Gasteiger partial charge in [0.2, 0.25) is 0 Å². The van der Waals surface area contributed by atoms with E-state index in [2.05, 4.69) is 6.07 Å². The molecule has 1 aliphatic carbocycles. The minimum Gasteiger partial charge on any atom is -0.298 e. The Labute approximate surface area is 121 Å². The fraction of sp³-hybridized carbons (Fsp3) is 0.556. The first-order chi connectivity index (χ1) is 9.72. The van der Waals surface area contributed by atoms with Gasteiger partial charge in [0.1, 0.15) is 5.92 Å². The summed E-state index contributed by atoms with van der Waals surface area (Å²) in [5.74, 6) is 0.205. The molecule has 0 aromatic heterocycles. The van der Waals surface area contributed by atoms with Crippen LogP contribution in [0.3, 0.4) is 0 Å². The molecule has 0 heterocycles. The van der Waals surface area contributed by atoms with Crippen LogP contribution in [0.2, 0.25) is 0 Å². The summed E-state index contributed by atoms with van der Waals surface area (Å²) in [4.78, 5) is 12.3. The standard InChI is InChI=1S/C18H23NO/c1-14-7-5-6-10-16(14)17(13-19)18(20)12-11-15-8-3-2-4-9-15/h5-7,10,15,17H,2-4,8-9,11-12H2,1H3. The van der Waals surface area contributed by atoms with Crippen LogP contribution < -0.4 is 0 Å². The summed E-state index contributed by atoms with van der Waals surface area (Å²) in [7, 11) is 0. The molecule has 20 heavy (non-hydrogen) atoms. The highest BCUT2D eigenvalue weighted by atomic mass is 16.1. The topological polar surface area (TPSA) is 40.9 Å². The average Bonchev–Trinajstić information content (AvgIpc) is 2.49. The van der Waals surface area contributed by atoms with E-state index < -0.39 is 5.92 Å². The van der Waals surface area contributed by atoms with Crippen molar-refractivity contribution in [2.45, 2.75) is 57.8 Å². The Kier molecular flexibility index (Phi) is 5.35. The van der Waals surface area contributed by atoms with Crippen molar-refractivity contribution in [2.24, 2.45) is 5.92 Å². The lowest BCUT2D eigenvalue weighted by Crippen LogP contribution is -2.15. The first kappa shape index (κ1) is 14.8. The van der Waals surface area contributed by atoms with Crippen molar-refractivity contribution in [1.82, 2.24) is 0 Å². The second-order valence-electron chi connectivity index (χ2n) is 5.93. The molecular weight excluding hydrogens is 246 g/mol. The van der Waals surface area contributed by atoms with Gasteiger partial charge >= 0.3 is 0 Å². The van der Waals surface area contributed by atoms with Crippen molar-refractivity contribution < 1.29 is 4.79 Å². The van der Waals surface area contributed by atoms with Gasteiger partial charge in [-0.2, -0.15) is 5.26 Å². The number of rotatable bonds is 5. The maximum absolute atomic E-state index is 12.3. The Morgan fingerprint density at radius 3 is 2.65 bits per heavy atom. The smallest absolute Gasteiger partial charge is 0.154 e. The summed E-state index contributed by atoms with van der Waals surface area (Å²) in [6.07, 6.45) is 7.98. The summed E-state index contributed by atoms with van der Waals surface area (Å²) < 4.78 is 0. The van der Waals surface area contributed by atoms with Crippen molar-refractivity contribution in [2.75, 3.05) is 0 Å². The summed E-state index contributed by atoms with van der Waals surface area (Å²) in [6.45, 7) is 1.97. The molecule has 0 N–H and O–H groups in total. The van der Waals surface area contributed by atoms with Gasteiger partial charge in [0.25, 0.3) is 0 Å². The number of hydrogen-bond donors (Lipinski definition) is 0. The molecule has 2 heteroatoms. The quantitative estimate of drug-likeness (QED) is 0.787. The first-order valence-corrected chi connectivity index (χ1v) is 7.70. The van der Waals surface area contributed by atoms with E-state index in [9.17, 15) is 10.1 Å². The van der Waals surface area contributed by atoms with E-state index in [0.717, 1.165) is 17.5 Å². The molecule has 1 atom stereocenters. The Morgan fingerprint density at radius 1 is 1.30 bits per heavy atom. The molecule has 1 aromatic rings. The minimum absolute atomic E-state index is 0.0902. The van der Waals surface area contributed by atoms with E-state index in [1.807, 2.05) is 31.2 Å². The molecule has 2 nitrogen and oxygen atoms in total. The molecule has 1 unspecified atom stereocenters. The van der Waals surface area contributed by atoms with Gasteiger partial charge < -0.3 is 0 Å². The average molecular weight is 269 g/mol. The Bertz CT molecular complexity index is 494. The summed E-state index contributed by atoms with van der Waals surface area (Å²) in [5.41, 5.74) is 1.91. The Morgan fingerprint density at radius 2 is 2.00 bits per heavy atom. The number of nitrogens with zero attached hydrogens (tertiary/aromatic N) is 1. The molecule has 0 saturated heterocycles. The summed E-state index contributed by atoms with van der Waals surface area (Å²) in [5, 5.41) is 9.34. The number of benzene rings is 1. The zero-order valence-electron chi connectivity index (χ0n) is 12.3. The zero-order valence-corrected chi connectivity index (χ0v) is 12.3. The second-order valence-corrected chi connectivity index (χ2v) is 5.93. The van der Waals surface area contributed by atoms with Gasteiger partial charge in [-0.15, -0.1) is 0 Å². The summed E-state index contributed by atoms with van der Waals surface area (Å²) in [6, 6.07) is 9.92. The van der Waals surface area contributed by atoms with Crippen molar-refractivity contribution in [3.05, 3.63) is 35.4 Å². The molecule has 2 rings (SSSR count). The highest BCUT2D eigenvalue weighted by Gasteiger charge is 2.23. The van der Waals surface area contributed by atoms with E-state index in [4.69, 9.17) is 0 Å². The largest absolute Gasteiger partial charge is 0.298 e. The van der Waals surface area contributed by atoms with E-state index in [1.165, 1.54) is 32.1 Å². The lowest BCUT2D eigenvalue weighted by molar-refractivity contribution is -0.119. The third-order valence-corrected chi connectivity index (χ3v) is 4.47. The fourth-order valence-electron chi connectivity index (χ4n) is 3.19. The number of carbonyl (C=O) groups excluding carboxylic acids is 1. The molecule has 1 fully saturated rings. The van der Waals surface area contributed by atoms with Crippen LogP contribution in [-0.2, 0) is 4.79 Å². The van der Waals surface area contributed by atoms with E-state index >= 15 is 0 Å². The molecule has 0 radical (unpaired) electrons. The second kappa shape index (κ2) is 7.24. The van der Waals surface area contributed by atoms with Crippen LogP contribution in [0.15, 0.2) is 24.3 Å².